The molecule has 1 rings (SSSR count). The van der Waals surface area contributed by atoms with Crippen LogP contribution in [0.3, 0.4) is 0 Å². The maximum atomic E-state index is 9.00. The zero-order chi connectivity index (χ0) is 9.56. The number of hydrogen-bond acceptors (Lipinski definition) is 3. The second kappa shape index (κ2) is 8.67. The molecule has 0 unspecified atom stereocenters. The Hall–Kier alpha value is 0.0783. The molecule has 0 radical (unpaired) electrons. The van der Waals surface area contributed by atoms with Crippen LogP contribution in [0.4, 0.5) is 0 Å². The Bertz CT molecular complexity index is 130. The monoisotopic (exact) mass is 369 g/mol. The van der Waals surface area contributed by atoms with E-state index in [1.165, 1.54) is 12.8 Å². The van der Waals surface area contributed by atoms with Crippen molar-refractivity contribution in [2.24, 2.45) is 11.5 Å². The molecule has 0 spiro atoms. The van der Waals surface area contributed by atoms with Gasteiger partial charge in [0.05, 0.1) is 0 Å². The summed E-state index contributed by atoms with van der Waals surface area (Å²) in [5.41, 5.74) is 11.3. The van der Waals surface area contributed by atoms with Gasteiger partial charge in [0.1, 0.15) is 0 Å². The number of aliphatic carboxylic acids is 1. The van der Waals surface area contributed by atoms with Crippen molar-refractivity contribution in [3.8, 4) is 0 Å². The van der Waals surface area contributed by atoms with Crippen molar-refractivity contribution < 1.29 is 31.0 Å². The van der Waals surface area contributed by atoms with E-state index in [4.69, 9.17) is 21.4 Å². The van der Waals surface area contributed by atoms with Gasteiger partial charge in [-0.1, -0.05) is 12.8 Å². The molecule has 0 bridgehead atoms. The van der Waals surface area contributed by atoms with Crippen LogP contribution < -0.4 is 11.5 Å². The largest absolute Gasteiger partial charge is 4.00 e. The summed E-state index contributed by atoms with van der Waals surface area (Å²) < 4.78 is 0. The van der Waals surface area contributed by atoms with Gasteiger partial charge in [0, 0.05) is 19.0 Å². The molecule has 0 aromatic rings. The van der Waals surface area contributed by atoms with Crippen LogP contribution in [0.2, 0.25) is 0 Å². The first kappa shape index (κ1) is 15.5. The molecule has 0 saturated heterocycles. The van der Waals surface area contributed by atoms with E-state index in [0.717, 1.165) is 19.8 Å². The number of nitrogens with two attached hydrogens (primary N) is 2. The minimum absolute atomic E-state index is 0. The molecule has 0 aliphatic heterocycles. The molecule has 1 saturated carbocycles. The van der Waals surface area contributed by atoms with E-state index in [1.807, 2.05) is 0 Å². The Morgan fingerprint density at radius 1 is 1.23 bits per heavy atom. The van der Waals surface area contributed by atoms with Gasteiger partial charge in [-0.2, -0.15) is 0 Å². The summed E-state index contributed by atoms with van der Waals surface area (Å²) in [4.78, 5) is 9.00. The molecule has 1 fully saturated rings. The Labute approximate surface area is 93.3 Å². The van der Waals surface area contributed by atoms with Crippen LogP contribution in [0.5, 0.6) is 0 Å². The number of hydrogen-bond donors (Lipinski definition) is 3. The summed E-state index contributed by atoms with van der Waals surface area (Å²) in [7, 11) is 0. The maximum absolute atomic E-state index is 9.00. The van der Waals surface area contributed by atoms with Gasteiger partial charge in [0.2, 0.25) is 0 Å². The van der Waals surface area contributed by atoms with Gasteiger partial charge in [0.15, 0.2) is 0 Å². The molecule has 4 nitrogen and oxygen atoms in total. The molecule has 78 valence electrons. The SMILES string of the molecule is CC(=O)O.N[C@@H]1CCCC[C@H]1N.[Pt+4]. The fraction of sp³-hybridized carbons (Fsp3) is 0.875. The first-order valence-electron chi connectivity index (χ1n) is 4.24. The summed E-state index contributed by atoms with van der Waals surface area (Å²) in [6.45, 7) is 1.08. The Morgan fingerprint density at radius 2 is 1.46 bits per heavy atom. The predicted molar refractivity (Wildman–Crippen MR) is 47.7 cm³/mol. The maximum Gasteiger partial charge on any atom is 4.00 e. The minimum atomic E-state index is -0.833. The second-order valence-corrected chi connectivity index (χ2v) is 3.13. The van der Waals surface area contributed by atoms with Gasteiger partial charge in [0.25, 0.3) is 5.97 Å². The average molecular weight is 369 g/mol. The Kier molecular flexibility index (Phi) is 10.4. The van der Waals surface area contributed by atoms with E-state index in [0.29, 0.717) is 0 Å². The van der Waals surface area contributed by atoms with Crippen LogP contribution in [-0.4, -0.2) is 23.2 Å². The quantitative estimate of drug-likeness (QED) is 0.573. The van der Waals surface area contributed by atoms with Crippen molar-refractivity contribution in [1.82, 2.24) is 0 Å². The second-order valence-electron chi connectivity index (χ2n) is 3.13. The fourth-order valence-electron chi connectivity index (χ4n) is 1.19. The first-order chi connectivity index (χ1) is 5.54. The average Bonchev–Trinajstić information content (AvgIpc) is 1.94. The summed E-state index contributed by atoms with van der Waals surface area (Å²) in [5.74, 6) is -0.833. The van der Waals surface area contributed by atoms with Gasteiger partial charge in [-0.15, -0.1) is 0 Å². The van der Waals surface area contributed by atoms with E-state index >= 15 is 0 Å². The van der Waals surface area contributed by atoms with Gasteiger partial charge in [-0.05, 0) is 12.8 Å². The number of carbonyl (C=O) groups is 1. The normalized spacial score (nSPS) is 26.4. The summed E-state index contributed by atoms with van der Waals surface area (Å²) in [6, 6.07) is 0.562. The van der Waals surface area contributed by atoms with Crippen LogP contribution in [0.25, 0.3) is 0 Å². The van der Waals surface area contributed by atoms with Gasteiger partial charge >= 0.3 is 21.1 Å². The van der Waals surface area contributed by atoms with E-state index in [1.54, 1.807) is 0 Å². The van der Waals surface area contributed by atoms with Crippen LogP contribution in [0.1, 0.15) is 32.6 Å². The third kappa shape index (κ3) is 10.00. The molecule has 5 heteroatoms. The summed E-state index contributed by atoms with van der Waals surface area (Å²) in [6.07, 6.45) is 4.80. The molecule has 0 heterocycles. The van der Waals surface area contributed by atoms with Gasteiger partial charge in [-0.3, -0.25) is 4.79 Å². The van der Waals surface area contributed by atoms with Gasteiger partial charge in [-0.25, -0.2) is 0 Å². The fourth-order valence-corrected chi connectivity index (χ4v) is 1.19. The van der Waals surface area contributed by atoms with Crippen LogP contribution >= 0.6 is 0 Å². The summed E-state index contributed by atoms with van der Waals surface area (Å²) >= 11 is 0. The van der Waals surface area contributed by atoms with Crippen LogP contribution in [-0.2, 0) is 25.9 Å². The van der Waals surface area contributed by atoms with E-state index in [2.05, 4.69) is 0 Å². The Balaban J connectivity index is 0. The third-order valence-electron chi connectivity index (χ3n) is 1.87. The zero-order valence-electron chi connectivity index (χ0n) is 7.81. The van der Waals surface area contributed by atoms with Crippen molar-refractivity contribution in [3.63, 3.8) is 0 Å². The molecule has 1 aliphatic rings. The van der Waals surface area contributed by atoms with E-state index in [9.17, 15) is 0 Å². The summed E-state index contributed by atoms with van der Waals surface area (Å²) in [5, 5.41) is 7.42. The third-order valence-corrected chi connectivity index (χ3v) is 1.87. The number of carboxylic acids is 1. The number of carboxylic acid groups (broad SMARTS) is 1. The molecular weight excluding hydrogens is 351 g/mol. The topological polar surface area (TPSA) is 89.3 Å². The predicted octanol–water partition coefficient (Wildman–Crippen LogP) is 0.303. The minimum Gasteiger partial charge on any atom is -0.481 e. The molecule has 13 heavy (non-hydrogen) atoms. The van der Waals surface area contributed by atoms with Crippen LogP contribution in [0, 0.1) is 0 Å². The molecule has 0 aromatic carbocycles. The molecule has 0 amide bonds. The van der Waals surface area contributed by atoms with Crippen LogP contribution in [0.15, 0.2) is 0 Å². The van der Waals surface area contributed by atoms with Crippen molar-refractivity contribution in [3.05, 3.63) is 0 Å². The smallest absolute Gasteiger partial charge is 0.481 e. The zero-order valence-corrected chi connectivity index (χ0v) is 10.1. The van der Waals surface area contributed by atoms with Crippen molar-refractivity contribution in [2.45, 2.75) is 44.7 Å². The first-order valence-corrected chi connectivity index (χ1v) is 4.24. The number of rotatable bonds is 0. The van der Waals surface area contributed by atoms with Crippen molar-refractivity contribution in [2.75, 3.05) is 0 Å². The molecular formula is C8H18N2O2Pt+4. The molecule has 2 atom stereocenters. The van der Waals surface area contributed by atoms with Crippen molar-refractivity contribution in [1.29, 1.82) is 0 Å². The van der Waals surface area contributed by atoms with E-state index < -0.39 is 5.97 Å². The molecule has 0 aromatic heterocycles. The van der Waals surface area contributed by atoms with Crippen molar-refractivity contribution >= 4 is 5.97 Å². The molecule has 1 aliphatic carbocycles. The van der Waals surface area contributed by atoms with E-state index in [-0.39, 0.29) is 33.1 Å². The standard InChI is InChI=1S/C6H14N2.C2H4O2.Pt/c7-5-3-1-2-4-6(5)8;1-2(3)4;/h5-6H,1-4,7-8H2;1H3,(H,3,4);/q;;+4/t5-,6-;;/m1../s1. The Morgan fingerprint density at radius 3 is 1.62 bits per heavy atom. The molecule has 5 N–H and O–H groups in total. The van der Waals surface area contributed by atoms with Gasteiger partial charge < -0.3 is 16.6 Å².